The lowest BCUT2D eigenvalue weighted by Gasteiger charge is -2.44. The third-order valence-electron chi connectivity index (χ3n) is 4.27. The molecule has 0 spiro atoms. The van der Waals surface area contributed by atoms with E-state index in [1.54, 1.807) is 24.3 Å². The summed E-state index contributed by atoms with van der Waals surface area (Å²) in [5, 5.41) is 19.1. The van der Waals surface area contributed by atoms with Gasteiger partial charge in [-0.15, -0.1) is 0 Å². The Kier molecular flexibility index (Phi) is 5.70. The van der Waals surface area contributed by atoms with E-state index in [1.165, 1.54) is 0 Å². The molecule has 10 heteroatoms. The summed E-state index contributed by atoms with van der Waals surface area (Å²) >= 11 is 5.86. The third-order valence-corrected chi connectivity index (χ3v) is 4.52. The number of aliphatic carboxylic acids is 2. The maximum Gasteiger partial charge on any atom is 0.321 e. The monoisotopic (exact) mass is 370 g/mol. The first-order valence-electron chi connectivity index (χ1n) is 7.50. The van der Waals surface area contributed by atoms with Crippen molar-refractivity contribution in [2.24, 2.45) is 17.4 Å². The van der Waals surface area contributed by atoms with Crippen molar-refractivity contribution in [3.05, 3.63) is 29.3 Å². The molecule has 2 unspecified atom stereocenters. The summed E-state index contributed by atoms with van der Waals surface area (Å²) in [6, 6.07) is 3.41. The first kappa shape index (κ1) is 18.8. The minimum atomic E-state index is -1.67. The second-order valence-corrected chi connectivity index (χ2v) is 6.19. The van der Waals surface area contributed by atoms with Gasteiger partial charge in [0.2, 0.25) is 0 Å². The number of nitrogens with zero attached hydrogens (tertiary/aromatic N) is 2. The van der Waals surface area contributed by atoms with Crippen molar-refractivity contribution >= 4 is 35.3 Å². The Bertz CT molecular complexity index is 668. The Balaban J connectivity index is 2.34. The van der Waals surface area contributed by atoms with Crippen LogP contribution in [0, 0.1) is 5.92 Å². The highest BCUT2D eigenvalue weighted by Gasteiger charge is 2.44. The highest BCUT2D eigenvalue weighted by atomic mass is 35.5. The van der Waals surface area contributed by atoms with Crippen molar-refractivity contribution in [2.45, 2.75) is 12.1 Å². The molecule has 0 aliphatic carbocycles. The van der Waals surface area contributed by atoms with Gasteiger partial charge in [-0.05, 0) is 24.3 Å². The zero-order valence-corrected chi connectivity index (χ0v) is 14.0. The lowest BCUT2D eigenvalue weighted by atomic mass is 9.89. The van der Waals surface area contributed by atoms with E-state index in [9.17, 15) is 19.5 Å². The molecule has 2 rings (SSSR count). The van der Waals surface area contributed by atoms with E-state index in [2.05, 4.69) is 0 Å². The number of halogens is 1. The van der Waals surface area contributed by atoms with Gasteiger partial charge in [0.25, 0.3) is 0 Å². The van der Waals surface area contributed by atoms with Crippen molar-refractivity contribution < 1.29 is 24.6 Å². The van der Waals surface area contributed by atoms with E-state index in [4.69, 9.17) is 28.2 Å². The molecule has 3 atom stereocenters. The van der Waals surface area contributed by atoms with Gasteiger partial charge in [-0.3, -0.25) is 9.59 Å². The van der Waals surface area contributed by atoms with Gasteiger partial charge in [0.1, 0.15) is 12.0 Å². The van der Waals surface area contributed by atoms with E-state index < -0.39 is 36.0 Å². The van der Waals surface area contributed by atoms with Crippen LogP contribution in [-0.4, -0.2) is 64.8 Å². The minimum Gasteiger partial charge on any atom is -0.481 e. The summed E-state index contributed by atoms with van der Waals surface area (Å²) < 4.78 is 0. The van der Waals surface area contributed by atoms with Crippen LogP contribution in [0.25, 0.3) is 0 Å². The molecule has 1 aliphatic rings. The maximum atomic E-state index is 11.7. The Hall–Kier alpha value is -2.52. The summed E-state index contributed by atoms with van der Waals surface area (Å²) in [4.78, 5) is 37.5. The molecule has 1 aromatic rings. The van der Waals surface area contributed by atoms with E-state index >= 15 is 0 Å². The smallest absolute Gasteiger partial charge is 0.321 e. The fourth-order valence-electron chi connectivity index (χ4n) is 2.99. The number of rotatable bonds is 5. The van der Waals surface area contributed by atoms with E-state index in [0.29, 0.717) is 11.6 Å². The molecular formula is C15H19ClN4O5. The number of benzene rings is 1. The van der Waals surface area contributed by atoms with Crippen LogP contribution in [0.5, 0.6) is 0 Å². The van der Waals surface area contributed by atoms with Gasteiger partial charge in [-0.1, -0.05) is 11.6 Å². The molecule has 1 saturated heterocycles. The lowest BCUT2D eigenvalue weighted by Crippen LogP contribution is -2.64. The Morgan fingerprint density at radius 2 is 1.72 bits per heavy atom. The van der Waals surface area contributed by atoms with Gasteiger partial charge in [-0.25, -0.2) is 4.79 Å². The van der Waals surface area contributed by atoms with Gasteiger partial charge >= 0.3 is 18.0 Å². The lowest BCUT2D eigenvalue weighted by molar-refractivity contribution is -0.152. The second kappa shape index (κ2) is 7.58. The number of carboxylic acid groups (broad SMARTS) is 2. The molecule has 2 amide bonds. The third kappa shape index (κ3) is 4.12. The molecule has 25 heavy (non-hydrogen) atoms. The molecule has 1 aliphatic heterocycles. The zero-order chi connectivity index (χ0) is 18.7. The molecule has 1 aromatic carbocycles. The summed E-state index contributed by atoms with van der Waals surface area (Å²) in [6.45, 7) is 0.650. The first-order valence-corrected chi connectivity index (χ1v) is 7.88. The number of carbonyl (C=O) groups is 3. The van der Waals surface area contributed by atoms with Gasteiger partial charge in [0.15, 0.2) is 0 Å². The zero-order valence-electron chi connectivity index (χ0n) is 13.2. The molecule has 6 N–H and O–H groups in total. The number of carboxylic acids is 2. The van der Waals surface area contributed by atoms with Gasteiger partial charge < -0.3 is 31.5 Å². The number of carbonyl (C=O) groups excluding carboxylic acids is 1. The molecule has 1 heterocycles. The summed E-state index contributed by atoms with van der Waals surface area (Å²) in [6.07, 6.45) is 0. The highest BCUT2D eigenvalue weighted by Crippen LogP contribution is 2.25. The van der Waals surface area contributed by atoms with Crippen LogP contribution < -0.4 is 16.4 Å². The summed E-state index contributed by atoms with van der Waals surface area (Å²) in [7, 11) is 0. The molecule has 0 saturated carbocycles. The molecule has 0 aromatic heterocycles. The molecule has 0 bridgehead atoms. The fourth-order valence-corrected chi connectivity index (χ4v) is 3.11. The van der Waals surface area contributed by atoms with Crippen LogP contribution in [0.2, 0.25) is 5.02 Å². The first-order chi connectivity index (χ1) is 11.7. The van der Waals surface area contributed by atoms with E-state index in [-0.39, 0.29) is 13.1 Å². The molecule has 9 nitrogen and oxygen atoms in total. The van der Waals surface area contributed by atoms with Crippen molar-refractivity contribution in [1.82, 2.24) is 4.90 Å². The van der Waals surface area contributed by atoms with Crippen molar-refractivity contribution in [2.75, 3.05) is 24.5 Å². The topological polar surface area (TPSA) is 150 Å². The number of hydrogen-bond donors (Lipinski definition) is 4. The predicted octanol–water partition coefficient (Wildman–Crippen LogP) is 0.0220. The van der Waals surface area contributed by atoms with Crippen LogP contribution in [0.1, 0.15) is 0 Å². The molecular weight excluding hydrogens is 352 g/mol. The number of anilines is 1. The Morgan fingerprint density at radius 1 is 1.12 bits per heavy atom. The number of primary amides is 1. The average molecular weight is 371 g/mol. The molecule has 136 valence electrons. The van der Waals surface area contributed by atoms with Gasteiger partial charge in [0, 0.05) is 30.3 Å². The summed E-state index contributed by atoms with van der Waals surface area (Å²) in [5.74, 6) is -4.36. The predicted molar refractivity (Wildman–Crippen MR) is 90.5 cm³/mol. The van der Waals surface area contributed by atoms with Crippen LogP contribution in [0.15, 0.2) is 24.3 Å². The van der Waals surface area contributed by atoms with Crippen LogP contribution in [-0.2, 0) is 9.59 Å². The number of hydrogen-bond acceptors (Lipinski definition) is 5. The van der Waals surface area contributed by atoms with Gasteiger partial charge in [-0.2, -0.15) is 0 Å². The molecule has 0 radical (unpaired) electrons. The normalized spacial score (nSPS) is 20.0. The van der Waals surface area contributed by atoms with Crippen molar-refractivity contribution in [3.8, 4) is 0 Å². The quantitative estimate of drug-likeness (QED) is 0.570. The van der Waals surface area contributed by atoms with E-state index in [1.807, 2.05) is 4.90 Å². The number of piperazine rings is 1. The standard InChI is InChI=1S/C15H19ClN4O5/c16-8-1-3-9(4-2-8)19-5-6-20(15(18)25)10(7-19)11(13(21)22)12(17)14(23)24/h1-4,10-12H,5-7,17H2,(H2,18,25)(H,21,22)(H,23,24)/t10?,11?,12-/m0/s1. The SMILES string of the molecule is NC(=O)N1CCN(c2ccc(Cl)cc2)CC1C(C(=O)O)[C@H](N)C(=O)O. The average Bonchev–Trinajstić information content (AvgIpc) is 2.55. The Morgan fingerprint density at radius 3 is 2.20 bits per heavy atom. The number of amides is 2. The van der Waals surface area contributed by atoms with Gasteiger partial charge in [0.05, 0.1) is 6.04 Å². The van der Waals surface area contributed by atoms with Crippen molar-refractivity contribution in [1.29, 1.82) is 0 Å². The molecule has 1 fully saturated rings. The number of nitrogens with two attached hydrogens (primary N) is 2. The largest absolute Gasteiger partial charge is 0.481 e. The van der Waals surface area contributed by atoms with E-state index in [0.717, 1.165) is 10.6 Å². The Labute approximate surface area is 148 Å². The second-order valence-electron chi connectivity index (χ2n) is 5.75. The fraction of sp³-hybridized carbons (Fsp3) is 0.400. The van der Waals surface area contributed by atoms with Crippen molar-refractivity contribution in [3.63, 3.8) is 0 Å². The highest BCUT2D eigenvalue weighted by molar-refractivity contribution is 6.30. The summed E-state index contributed by atoms with van der Waals surface area (Å²) in [5.41, 5.74) is 11.7. The maximum absolute atomic E-state index is 11.7. The van der Waals surface area contributed by atoms with Crippen LogP contribution in [0.3, 0.4) is 0 Å². The van der Waals surface area contributed by atoms with Crippen LogP contribution in [0.4, 0.5) is 10.5 Å². The van der Waals surface area contributed by atoms with Crippen LogP contribution >= 0.6 is 11.6 Å². The minimum absolute atomic E-state index is 0.0858. The number of urea groups is 1.